The fraction of sp³-hybridized carbons (Fsp3) is 0.538. The highest BCUT2D eigenvalue weighted by molar-refractivity contribution is 6.21. The summed E-state index contributed by atoms with van der Waals surface area (Å²) in [5.41, 5.74) is 2.48. The van der Waals surface area contributed by atoms with Crippen molar-refractivity contribution in [2.75, 3.05) is 32.8 Å². The van der Waals surface area contributed by atoms with Crippen molar-refractivity contribution < 1.29 is 4.74 Å². The molecule has 1 saturated heterocycles. The van der Waals surface area contributed by atoms with Crippen molar-refractivity contribution in [2.24, 2.45) is 0 Å². The number of morpholine rings is 1. The number of aryl methyl sites for hydroxylation is 1. The first-order valence-electron chi connectivity index (χ1n) is 5.76. The summed E-state index contributed by atoms with van der Waals surface area (Å²) in [5.74, 6) is 0. The summed E-state index contributed by atoms with van der Waals surface area (Å²) < 4.78 is 5.32. The first kappa shape index (κ1) is 11.9. The molecular weight excluding hydrogens is 222 g/mol. The molecule has 2 rings (SSSR count). The monoisotopic (exact) mass is 239 g/mol. The predicted molar refractivity (Wildman–Crippen MR) is 67.0 cm³/mol. The highest BCUT2D eigenvalue weighted by atomic mass is 35.5. The average Bonchev–Trinajstić information content (AvgIpc) is 2.31. The zero-order chi connectivity index (χ0) is 11.4. The van der Waals surface area contributed by atoms with Crippen LogP contribution in [0, 0.1) is 6.92 Å². The standard InChI is InChI=1S/C13H18ClNO/c1-11-2-4-12(5-3-11)13(14)10-15-6-8-16-9-7-15/h2-5,13H,6-10H2,1H3. The van der Waals surface area contributed by atoms with Gasteiger partial charge >= 0.3 is 0 Å². The molecule has 0 bridgehead atoms. The van der Waals surface area contributed by atoms with Crippen LogP contribution in [0.4, 0.5) is 0 Å². The van der Waals surface area contributed by atoms with E-state index in [2.05, 4.69) is 36.1 Å². The zero-order valence-corrected chi connectivity index (χ0v) is 10.4. The molecule has 3 heteroatoms. The number of alkyl halides is 1. The minimum atomic E-state index is 0.0821. The summed E-state index contributed by atoms with van der Waals surface area (Å²) >= 11 is 6.41. The van der Waals surface area contributed by atoms with E-state index in [9.17, 15) is 0 Å². The van der Waals surface area contributed by atoms with E-state index in [-0.39, 0.29) is 5.38 Å². The van der Waals surface area contributed by atoms with Crippen molar-refractivity contribution >= 4 is 11.6 Å². The van der Waals surface area contributed by atoms with Gasteiger partial charge in [0.25, 0.3) is 0 Å². The molecule has 1 aromatic carbocycles. The van der Waals surface area contributed by atoms with Crippen LogP contribution in [0.5, 0.6) is 0 Å². The Kier molecular flexibility index (Phi) is 4.22. The van der Waals surface area contributed by atoms with Gasteiger partial charge < -0.3 is 4.74 Å². The summed E-state index contributed by atoms with van der Waals surface area (Å²) in [4.78, 5) is 2.36. The van der Waals surface area contributed by atoms with Crippen LogP contribution in [0.1, 0.15) is 16.5 Å². The summed E-state index contributed by atoms with van der Waals surface area (Å²) in [7, 11) is 0. The average molecular weight is 240 g/mol. The van der Waals surface area contributed by atoms with Crippen molar-refractivity contribution in [3.05, 3.63) is 35.4 Å². The third-order valence-corrected chi connectivity index (χ3v) is 3.35. The molecule has 1 aliphatic heterocycles. The molecule has 0 aliphatic carbocycles. The molecule has 0 saturated carbocycles. The number of ether oxygens (including phenoxy) is 1. The summed E-state index contributed by atoms with van der Waals surface area (Å²) in [5, 5.41) is 0.0821. The number of hydrogen-bond donors (Lipinski definition) is 0. The van der Waals surface area contributed by atoms with Gasteiger partial charge in [-0.3, -0.25) is 4.90 Å². The molecule has 0 aromatic heterocycles. The second kappa shape index (κ2) is 5.67. The van der Waals surface area contributed by atoms with E-state index in [1.165, 1.54) is 11.1 Å². The number of hydrogen-bond acceptors (Lipinski definition) is 2. The summed E-state index contributed by atoms with van der Waals surface area (Å²) in [6.07, 6.45) is 0. The van der Waals surface area contributed by atoms with Crippen molar-refractivity contribution in [1.29, 1.82) is 0 Å². The number of halogens is 1. The van der Waals surface area contributed by atoms with Gasteiger partial charge in [0.05, 0.1) is 18.6 Å². The second-order valence-electron chi connectivity index (χ2n) is 4.29. The highest BCUT2D eigenvalue weighted by Gasteiger charge is 2.15. The van der Waals surface area contributed by atoms with E-state index in [1.807, 2.05) is 0 Å². The lowest BCUT2D eigenvalue weighted by Crippen LogP contribution is -2.38. The fourth-order valence-electron chi connectivity index (χ4n) is 1.89. The Morgan fingerprint density at radius 3 is 2.50 bits per heavy atom. The first-order valence-corrected chi connectivity index (χ1v) is 6.20. The topological polar surface area (TPSA) is 12.5 Å². The van der Waals surface area contributed by atoms with Gasteiger partial charge in [0.15, 0.2) is 0 Å². The van der Waals surface area contributed by atoms with Crippen LogP contribution in [-0.2, 0) is 4.74 Å². The summed E-state index contributed by atoms with van der Waals surface area (Å²) in [6.45, 7) is 6.65. The van der Waals surface area contributed by atoms with Gasteiger partial charge in [0, 0.05) is 19.6 Å². The van der Waals surface area contributed by atoms with Crippen LogP contribution in [-0.4, -0.2) is 37.7 Å². The SMILES string of the molecule is Cc1ccc(C(Cl)CN2CCOCC2)cc1. The van der Waals surface area contributed by atoms with Gasteiger partial charge in [-0.05, 0) is 12.5 Å². The number of benzene rings is 1. The summed E-state index contributed by atoms with van der Waals surface area (Å²) in [6, 6.07) is 8.47. The maximum atomic E-state index is 6.41. The van der Waals surface area contributed by atoms with Crippen LogP contribution < -0.4 is 0 Å². The minimum absolute atomic E-state index is 0.0821. The molecule has 0 radical (unpaired) electrons. The van der Waals surface area contributed by atoms with Gasteiger partial charge in [-0.25, -0.2) is 0 Å². The molecule has 1 fully saturated rings. The smallest absolute Gasteiger partial charge is 0.0712 e. The third-order valence-electron chi connectivity index (χ3n) is 2.96. The molecule has 1 atom stereocenters. The predicted octanol–water partition coefficient (Wildman–Crippen LogP) is 2.61. The van der Waals surface area contributed by atoms with Gasteiger partial charge in [-0.15, -0.1) is 11.6 Å². The first-order chi connectivity index (χ1) is 7.75. The Bertz CT molecular complexity index is 319. The highest BCUT2D eigenvalue weighted by Crippen LogP contribution is 2.22. The molecule has 1 aromatic rings. The molecular formula is C13H18ClNO. The molecule has 1 unspecified atom stereocenters. The molecule has 0 N–H and O–H groups in total. The van der Waals surface area contributed by atoms with Crippen molar-refractivity contribution in [1.82, 2.24) is 4.90 Å². The van der Waals surface area contributed by atoms with Crippen LogP contribution in [0.3, 0.4) is 0 Å². The van der Waals surface area contributed by atoms with Crippen molar-refractivity contribution in [2.45, 2.75) is 12.3 Å². The van der Waals surface area contributed by atoms with Crippen LogP contribution >= 0.6 is 11.6 Å². The number of rotatable bonds is 3. The molecule has 1 heterocycles. The quantitative estimate of drug-likeness (QED) is 0.752. The van der Waals surface area contributed by atoms with E-state index >= 15 is 0 Å². The third kappa shape index (κ3) is 3.21. The van der Waals surface area contributed by atoms with E-state index in [4.69, 9.17) is 16.3 Å². The van der Waals surface area contributed by atoms with Crippen LogP contribution in [0.25, 0.3) is 0 Å². The van der Waals surface area contributed by atoms with E-state index < -0.39 is 0 Å². The van der Waals surface area contributed by atoms with Gasteiger partial charge in [0.1, 0.15) is 0 Å². The largest absolute Gasteiger partial charge is 0.379 e. The molecule has 16 heavy (non-hydrogen) atoms. The van der Waals surface area contributed by atoms with Crippen molar-refractivity contribution in [3.63, 3.8) is 0 Å². The maximum Gasteiger partial charge on any atom is 0.0712 e. The van der Waals surface area contributed by atoms with E-state index in [0.717, 1.165) is 32.8 Å². The molecule has 0 spiro atoms. The molecule has 0 amide bonds. The molecule has 88 valence electrons. The number of nitrogens with zero attached hydrogens (tertiary/aromatic N) is 1. The Balaban J connectivity index is 1.91. The van der Waals surface area contributed by atoms with Gasteiger partial charge in [0.2, 0.25) is 0 Å². The van der Waals surface area contributed by atoms with Gasteiger partial charge in [-0.1, -0.05) is 29.8 Å². The van der Waals surface area contributed by atoms with Crippen molar-refractivity contribution in [3.8, 4) is 0 Å². The Labute approximate surface area is 102 Å². The maximum absolute atomic E-state index is 6.41. The minimum Gasteiger partial charge on any atom is -0.379 e. The van der Waals surface area contributed by atoms with E-state index in [1.54, 1.807) is 0 Å². The Hall–Kier alpha value is -0.570. The fourth-order valence-corrected chi connectivity index (χ4v) is 2.23. The van der Waals surface area contributed by atoms with Gasteiger partial charge in [-0.2, -0.15) is 0 Å². The molecule has 2 nitrogen and oxygen atoms in total. The second-order valence-corrected chi connectivity index (χ2v) is 4.82. The Morgan fingerprint density at radius 1 is 1.25 bits per heavy atom. The van der Waals surface area contributed by atoms with E-state index in [0.29, 0.717) is 0 Å². The Morgan fingerprint density at radius 2 is 1.88 bits per heavy atom. The lowest BCUT2D eigenvalue weighted by molar-refractivity contribution is 0.0379. The van der Waals surface area contributed by atoms with Crippen LogP contribution in [0.2, 0.25) is 0 Å². The normalized spacial score (nSPS) is 19.6. The van der Waals surface area contributed by atoms with Crippen LogP contribution in [0.15, 0.2) is 24.3 Å². The zero-order valence-electron chi connectivity index (χ0n) is 9.66. The lowest BCUT2D eigenvalue weighted by atomic mass is 10.1. The lowest BCUT2D eigenvalue weighted by Gasteiger charge is -2.28. The molecule has 1 aliphatic rings.